The van der Waals surface area contributed by atoms with Gasteiger partial charge in [0, 0.05) is 19.1 Å². The van der Waals surface area contributed by atoms with Gasteiger partial charge in [-0.15, -0.1) is 0 Å². The number of ether oxygens (including phenoxy) is 1. The Hall–Kier alpha value is -0.810. The van der Waals surface area contributed by atoms with Gasteiger partial charge in [0.05, 0.1) is 6.61 Å². The number of nitrogens with zero attached hydrogens (tertiary/aromatic N) is 1. The summed E-state index contributed by atoms with van der Waals surface area (Å²) in [6, 6.07) is 0.130. The monoisotopic (exact) mass is 244 g/mol. The predicted octanol–water partition coefficient (Wildman–Crippen LogP) is 0.968. The van der Waals surface area contributed by atoms with E-state index in [1.54, 1.807) is 4.90 Å². The molecule has 0 radical (unpaired) electrons. The van der Waals surface area contributed by atoms with Gasteiger partial charge in [-0.1, -0.05) is 0 Å². The third kappa shape index (κ3) is 4.91. The van der Waals surface area contributed by atoms with Crippen molar-refractivity contribution < 1.29 is 14.6 Å². The van der Waals surface area contributed by atoms with Crippen LogP contribution in [-0.2, 0) is 4.74 Å². The van der Waals surface area contributed by atoms with Crippen molar-refractivity contribution in [2.75, 3.05) is 26.2 Å². The first kappa shape index (κ1) is 14.3. The van der Waals surface area contributed by atoms with Crippen LogP contribution in [-0.4, -0.2) is 54.0 Å². The summed E-state index contributed by atoms with van der Waals surface area (Å²) < 4.78 is 5.35. The molecule has 1 aliphatic heterocycles. The average molecular weight is 244 g/mol. The van der Waals surface area contributed by atoms with Crippen molar-refractivity contribution in [2.45, 2.75) is 45.3 Å². The van der Waals surface area contributed by atoms with Gasteiger partial charge >= 0.3 is 6.09 Å². The smallest absolute Gasteiger partial charge is 0.410 e. The first-order valence-corrected chi connectivity index (χ1v) is 6.25. The highest BCUT2D eigenvalue weighted by Crippen LogP contribution is 2.15. The zero-order valence-electron chi connectivity index (χ0n) is 11.0. The standard InChI is InChI=1S/C12H24N2O3/c1-12(2,3)17-11(16)14(7-8-15)10-5-4-6-13-9-10/h10,13,15H,4-9H2,1-3H3/t10-/m1/s1. The second-order valence-electron chi connectivity index (χ2n) is 5.40. The molecule has 0 unspecified atom stereocenters. The summed E-state index contributed by atoms with van der Waals surface area (Å²) in [5, 5.41) is 12.3. The molecule has 1 aliphatic rings. The van der Waals surface area contributed by atoms with Crippen LogP contribution >= 0.6 is 0 Å². The predicted molar refractivity (Wildman–Crippen MR) is 65.9 cm³/mol. The van der Waals surface area contributed by atoms with Crippen LogP contribution in [0.3, 0.4) is 0 Å². The Kier molecular flexibility index (Phi) is 5.21. The summed E-state index contributed by atoms with van der Waals surface area (Å²) in [7, 11) is 0. The van der Waals surface area contributed by atoms with Crippen molar-refractivity contribution in [2.24, 2.45) is 0 Å². The molecule has 0 saturated carbocycles. The topological polar surface area (TPSA) is 61.8 Å². The molecule has 1 amide bonds. The molecule has 1 fully saturated rings. The molecule has 1 saturated heterocycles. The van der Waals surface area contributed by atoms with E-state index in [4.69, 9.17) is 9.84 Å². The summed E-state index contributed by atoms with van der Waals surface area (Å²) >= 11 is 0. The number of hydrogen-bond acceptors (Lipinski definition) is 4. The van der Waals surface area contributed by atoms with E-state index in [-0.39, 0.29) is 18.7 Å². The molecule has 5 heteroatoms. The Morgan fingerprint density at radius 1 is 1.53 bits per heavy atom. The normalized spacial score (nSPS) is 21.1. The molecule has 0 aromatic heterocycles. The van der Waals surface area contributed by atoms with E-state index in [2.05, 4.69) is 5.32 Å². The average Bonchev–Trinajstić information content (AvgIpc) is 2.24. The van der Waals surface area contributed by atoms with Crippen molar-refractivity contribution in [3.8, 4) is 0 Å². The molecule has 0 spiro atoms. The minimum absolute atomic E-state index is 0.0320. The molecule has 5 nitrogen and oxygen atoms in total. The fourth-order valence-electron chi connectivity index (χ4n) is 1.95. The lowest BCUT2D eigenvalue weighted by Crippen LogP contribution is -2.51. The Labute approximate surface area is 103 Å². The maximum absolute atomic E-state index is 12.0. The Morgan fingerprint density at radius 3 is 2.71 bits per heavy atom. The van der Waals surface area contributed by atoms with Gasteiger partial charge in [-0.25, -0.2) is 4.79 Å². The van der Waals surface area contributed by atoms with E-state index < -0.39 is 5.60 Å². The largest absolute Gasteiger partial charge is 0.444 e. The third-order valence-electron chi connectivity index (χ3n) is 2.68. The van der Waals surface area contributed by atoms with Crippen LogP contribution in [0, 0.1) is 0 Å². The second kappa shape index (κ2) is 6.21. The van der Waals surface area contributed by atoms with Gasteiger partial charge in [-0.05, 0) is 40.2 Å². The first-order valence-electron chi connectivity index (χ1n) is 6.25. The molecular formula is C12H24N2O3. The summed E-state index contributed by atoms with van der Waals surface area (Å²) in [6.07, 6.45) is 1.68. The summed E-state index contributed by atoms with van der Waals surface area (Å²) in [4.78, 5) is 13.6. The fraction of sp³-hybridized carbons (Fsp3) is 0.917. The first-order chi connectivity index (χ1) is 7.94. The molecule has 1 rings (SSSR count). The number of nitrogens with one attached hydrogen (secondary N) is 1. The lowest BCUT2D eigenvalue weighted by molar-refractivity contribution is 0.00976. The molecule has 0 aromatic rings. The van der Waals surface area contributed by atoms with Crippen LogP contribution in [0.5, 0.6) is 0 Å². The molecular weight excluding hydrogens is 220 g/mol. The molecule has 1 atom stereocenters. The van der Waals surface area contributed by atoms with Gasteiger partial charge in [0.1, 0.15) is 5.60 Å². The minimum Gasteiger partial charge on any atom is -0.444 e. The SMILES string of the molecule is CC(C)(C)OC(=O)N(CCO)[C@@H]1CCCNC1. The van der Waals surface area contributed by atoms with Crippen LogP contribution in [0.15, 0.2) is 0 Å². The number of rotatable bonds is 3. The number of carbonyl (C=O) groups excluding carboxylic acids is 1. The van der Waals surface area contributed by atoms with E-state index in [9.17, 15) is 4.79 Å². The number of carbonyl (C=O) groups is 1. The zero-order chi connectivity index (χ0) is 12.9. The molecule has 17 heavy (non-hydrogen) atoms. The molecule has 0 aliphatic carbocycles. The maximum Gasteiger partial charge on any atom is 0.410 e. The lowest BCUT2D eigenvalue weighted by atomic mass is 10.1. The number of aliphatic hydroxyl groups excluding tert-OH is 1. The van der Waals surface area contributed by atoms with Gasteiger partial charge in [0.25, 0.3) is 0 Å². The number of amides is 1. The molecule has 0 bridgehead atoms. The van der Waals surface area contributed by atoms with Gasteiger partial charge in [0.15, 0.2) is 0 Å². The Bertz CT molecular complexity index is 245. The van der Waals surface area contributed by atoms with Gasteiger partial charge < -0.3 is 20.1 Å². The van der Waals surface area contributed by atoms with Crippen LogP contribution in [0.2, 0.25) is 0 Å². The number of aliphatic hydroxyl groups is 1. The highest BCUT2D eigenvalue weighted by molar-refractivity contribution is 5.68. The van der Waals surface area contributed by atoms with Crippen LogP contribution in [0.4, 0.5) is 4.79 Å². The van der Waals surface area contributed by atoms with Gasteiger partial charge in [-0.2, -0.15) is 0 Å². The maximum atomic E-state index is 12.0. The molecule has 100 valence electrons. The molecule has 1 heterocycles. The van der Waals surface area contributed by atoms with Gasteiger partial charge in [0.2, 0.25) is 0 Å². The van der Waals surface area contributed by atoms with E-state index in [1.165, 1.54) is 0 Å². The van der Waals surface area contributed by atoms with Crippen molar-refractivity contribution >= 4 is 6.09 Å². The quantitative estimate of drug-likeness (QED) is 0.776. The van der Waals surface area contributed by atoms with Crippen molar-refractivity contribution in [3.63, 3.8) is 0 Å². The van der Waals surface area contributed by atoms with Crippen molar-refractivity contribution in [1.29, 1.82) is 0 Å². The van der Waals surface area contributed by atoms with E-state index in [1.807, 2.05) is 20.8 Å². The fourth-order valence-corrected chi connectivity index (χ4v) is 1.95. The number of hydrogen-bond donors (Lipinski definition) is 2. The molecule has 2 N–H and O–H groups in total. The summed E-state index contributed by atoms with van der Waals surface area (Å²) in [5.41, 5.74) is -0.493. The van der Waals surface area contributed by atoms with Crippen LogP contribution in [0.25, 0.3) is 0 Å². The second-order valence-corrected chi connectivity index (χ2v) is 5.40. The van der Waals surface area contributed by atoms with Crippen molar-refractivity contribution in [1.82, 2.24) is 10.2 Å². The third-order valence-corrected chi connectivity index (χ3v) is 2.68. The van der Waals surface area contributed by atoms with E-state index in [0.717, 1.165) is 25.9 Å². The highest BCUT2D eigenvalue weighted by atomic mass is 16.6. The Morgan fingerprint density at radius 2 is 2.24 bits per heavy atom. The van der Waals surface area contributed by atoms with Crippen LogP contribution < -0.4 is 5.32 Å². The zero-order valence-corrected chi connectivity index (χ0v) is 11.0. The van der Waals surface area contributed by atoms with E-state index >= 15 is 0 Å². The van der Waals surface area contributed by atoms with Crippen LogP contribution in [0.1, 0.15) is 33.6 Å². The highest BCUT2D eigenvalue weighted by Gasteiger charge is 2.28. The Balaban J connectivity index is 2.60. The lowest BCUT2D eigenvalue weighted by Gasteiger charge is -2.35. The van der Waals surface area contributed by atoms with E-state index in [0.29, 0.717) is 6.54 Å². The molecule has 0 aromatic carbocycles. The summed E-state index contributed by atoms with van der Waals surface area (Å²) in [5.74, 6) is 0. The van der Waals surface area contributed by atoms with Gasteiger partial charge in [-0.3, -0.25) is 0 Å². The summed E-state index contributed by atoms with van der Waals surface area (Å²) in [6.45, 7) is 7.62. The minimum atomic E-state index is -0.493. The number of piperidine rings is 1. The van der Waals surface area contributed by atoms with Crippen molar-refractivity contribution in [3.05, 3.63) is 0 Å².